The van der Waals surface area contributed by atoms with Crippen LogP contribution in [0.2, 0.25) is 5.02 Å². The number of hydrogen-bond donors (Lipinski definition) is 1. The first kappa shape index (κ1) is 13.1. The van der Waals surface area contributed by atoms with Crippen LogP contribution in [0.5, 0.6) is 0 Å². The summed E-state index contributed by atoms with van der Waals surface area (Å²) in [5.41, 5.74) is 2.11. The van der Waals surface area contributed by atoms with Gasteiger partial charge in [-0.25, -0.2) is 0 Å². The highest BCUT2D eigenvalue weighted by Crippen LogP contribution is 2.22. The average molecular weight is 326 g/mol. The summed E-state index contributed by atoms with van der Waals surface area (Å²) >= 11 is 9.22. The van der Waals surface area contributed by atoms with Crippen LogP contribution in [0.25, 0.3) is 0 Å². The second kappa shape index (κ2) is 5.50. The van der Waals surface area contributed by atoms with E-state index in [9.17, 15) is 4.79 Å². The first-order valence-electron chi connectivity index (χ1n) is 5.25. The minimum atomic E-state index is -0.193. The molecule has 2 rings (SSSR count). The molecule has 0 aliphatic carbocycles. The van der Waals surface area contributed by atoms with Gasteiger partial charge in [-0.2, -0.15) is 0 Å². The molecule has 92 valence electrons. The number of anilines is 1. The lowest BCUT2D eigenvalue weighted by Gasteiger charge is -2.09. The zero-order valence-electron chi connectivity index (χ0n) is 9.58. The van der Waals surface area contributed by atoms with Crippen LogP contribution in [-0.4, -0.2) is 10.9 Å². The highest BCUT2D eigenvalue weighted by molar-refractivity contribution is 9.10. The number of benzene rings is 1. The Bertz CT molecular complexity index is 601. The van der Waals surface area contributed by atoms with Crippen LogP contribution in [0.4, 0.5) is 5.69 Å². The van der Waals surface area contributed by atoms with Crippen molar-refractivity contribution >= 4 is 39.1 Å². The summed E-state index contributed by atoms with van der Waals surface area (Å²) < 4.78 is 0.734. The Kier molecular flexibility index (Phi) is 3.99. The fourth-order valence-corrected chi connectivity index (χ4v) is 2.03. The summed E-state index contributed by atoms with van der Waals surface area (Å²) in [7, 11) is 0. The molecule has 1 amide bonds. The van der Waals surface area contributed by atoms with Crippen molar-refractivity contribution in [2.75, 3.05) is 5.32 Å². The van der Waals surface area contributed by atoms with Crippen molar-refractivity contribution in [1.29, 1.82) is 0 Å². The molecule has 0 bridgehead atoms. The second-order valence-electron chi connectivity index (χ2n) is 3.77. The molecule has 0 radical (unpaired) electrons. The van der Waals surface area contributed by atoms with Gasteiger partial charge in [0.05, 0.1) is 10.2 Å². The van der Waals surface area contributed by atoms with Crippen LogP contribution < -0.4 is 5.32 Å². The SMILES string of the molecule is Cc1ccc(Cl)cc1C(=O)Nc1ccncc1Br. The van der Waals surface area contributed by atoms with Crippen LogP contribution in [0, 0.1) is 6.92 Å². The maximum absolute atomic E-state index is 12.1. The Labute approximate surface area is 118 Å². The Morgan fingerprint density at radius 3 is 2.89 bits per heavy atom. The molecule has 1 aromatic carbocycles. The van der Waals surface area contributed by atoms with E-state index in [1.165, 1.54) is 0 Å². The predicted octanol–water partition coefficient (Wildman–Crippen LogP) is 4.06. The Balaban J connectivity index is 2.28. The molecule has 2 aromatic rings. The quantitative estimate of drug-likeness (QED) is 0.905. The molecule has 0 fully saturated rings. The van der Waals surface area contributed by atoms with Gasteiger partial charge in [-0.3, -0.25) is 9.78 Å². The number of carbonyl (C=O) groups is 1. The summed E-state index contributed by atoms with van der Waals surface area (Å²) in [6, 6.07) is 6.96. The van der Waals surface area contributed by atoms with E-state index in [4.69, 9.17) is 11.6 Å². The van der Waals surface area contributed by atoms with Crippen LogP contribution in [-0.2, 0) is 0 Å². The number of halogens is 2. The van der Waals surface area contributed by atoms with E-state index in [0.29, 0.717) is 16.3 Å². The van der Waals surface area contributed by atoms with Gasteiger partial charge in [-0.15, -0.1) is 0 Å². The number of aryl methyl sites for hydroxylation is 1. The van der Waals surface area contributed by atoms with Crippen molar-refractivity contribution in [3.63, 3.8) is 0 Å². The Hall–Kier alpha value is -1.39. The molecule has 0 atom stereocenters. The Morgan fingerprint density at radius 2 is 2.17 bits per heavy atom. The minimum Gasteiger partial charge on any atom is -0.321 e. The number of carbonyl (C=O) groups excluding carboxylic acids is 1. The standard InChI is InChI=1S/C13H10BrClN2O/c1-8-2-3-9(15)6-10(8)13(18)17-12-4-5-16-7-11(12)14/h2-7H,1H3,(H,16,17,18). The molecule has 0 saturated carbocycles. The van der Waals surface area contributed by atoms with E-state index in [-0.39, 0.29) is 5.91 Å². The van der Waals surface area contributed by atoms with Gasteiger partial charge in [0.2, 0.25) is 0 Å². The minimum absolute atomic E-state index is 0.193. The monoisotopic (exact) mass is 324 g/mol. The van der Waals surface area contributed by atoms with Crippen LogP contribution >= 0.6 is 27.5 Å². The highest BCUT2D eigenvalue weighted by atomic mass is 79.9. The molecule has 0 aliphatic heterocycles. The summed E-state index contributed by atoms with van der Waals surface area (Å²) in [6.07, 6.45) is 3.24. The number of nitrogens with zero attached hydrogens (tertiary/aromatic N) is 1. The molecular formula is C13H10BrClN2O. The molecule has 1 heterocycles. The van der Waals surface area contributed by atoms with Crippen molar-refractivity contribution in [1.82, 2.24) is 4.98 Å². The number of nitrogens with one attached hydrogen (secondary N) is 1. The summed E-state index contributed by atoms with van der Waals surface area (Å²) in [5.74, 6) is -0.193. The van der Waals surface area contributed by atoms with Gasteiger partial charge in [-0.1, -0.05) is 17.7 Å². The third-order valence-corrected chi connectivity index (χ3v) is 3.33. The Morgan fingerprint density at radius 1 is 1.39 bits per heavy atom. The third kappa shape index (κ3) is 2.89. The van der Waals surface area contributed by atoms with Gasteiger partial charge in [0, 0.05) is 23.0 Å². The molecular weight excluding hydrogens is 316 g/mol. The fraction of sp³-hybridized carbons (Fsp3) is 0.0769. The zero-order chi connectivity index (χ0) is 13.1. The van der Waals surface area contributed by atoms with Crippen molar-refractivity contribution in [3.8, 4) is 0 Å². The molecule has 0 unspecified atom stereocenters. The van der Waals surface area contributed by atoms with E-state index >= 15 is 0 Å². The van der Waals surface area contributed by atoms with Gasteiger partial charge in [0.15, 0.2) is 0 Å². The maximum atomic E-state index is 12.1. The lowest BCUT2D eigenvalue weighted by Crippen LogP contribution is -2.13. The normalized spacial score (nSPS) is 10.2. The number of aromatic nitrogens is 1. The average Bonchev–Trinajstić information content (AvgIpc) is 2.35. The van der Waals surface area contributed by atoms with E-state index in [1.54, 1.807) is 30.6 Å². The van der Waals surface area contributed by atoms with Crippen molar-refractivity contribution in [3.05, 3.63) is 57.3 Å². The van der Waals surface area contributed by atoms with Crippen LogP contribution in [0.1, 0.15) is 15.9 Å². The van der Waals surface area contributed by atoms with Crippen LogP contribution in [0.3, 0.4) is 0 Å². The number of hydrogen-bond acceptors (Lipinski definition) is 2. The van der Waals surface area contributed by atoms with Gasteiger partial charge < -0.3 is 5.32 Å². The lowest BCUT2D eigenvalue weighted by molar-refractivity contribution is 0.102. The lowest BCUT2D eigenvalue weighted by atomic mass is 10.1. The summed E-state index contributed by atoms with van der Waals surface area (Å²) in [6.45, 7) is 1.87. The van der Waals surface area contributed by atoms with Gasteiger partial charge in [-0.05, 0) is 46.6 Å². The molecule has 0 saturated heterocycles. The third-order valence-electron chi connectivity index (χ3n) is 2.46. The van der Waals surface area contributed by atoms with Gasteiger partial charge in [0.1, 0.15) is 0 Å². The molecule has 5 heteroatoms. The van der Waals surface area contributed by atoms with Crippen molar-refractivity contribution < 1.29 is 4.79 Å². The first-order chi connectivity index (χ1) is 8.58. The summed E-state index contributed by atoms with van der Waals surface area (Å²) in [4.78, 5) is 16.1. The zero-order valence-corrected chi connectivity index (χ0v) is 11.9. The summed E-state index contributed by atoms with van der Waals surface area (Å²) in [5, 5.41) is 3.35. The maximum Gasteiger partial charge on any atom is 0.256 e. The van der Waals surface area contributed by atoms with Crippen molar-refractivity contribution in [2.24, 2.45) is 0 Å². The van der Waals surface area contributed by atoms with Crippen LogP contribution in [0.15, 0.2) is 41.1 Å². The first-order valence-corrected chi connectivity index (χ1v) is 6.42. The second-order valence-corrected chi connectivity index (χ2v) is 5.06. The number of amides is 1. The molecule has 18 heavy (non-hydrogen) atoms. The van der Waals surface area contributed by atoms with E-state index in [0.717, 1.165) is 10.0 Å². The topological polar surface area (TPSA) is 42.0 Å². The highest BCUT2D eigenvalue weighted by Gasteiger charge is 2.11. The fourth-order valence-electron chi connectivity index (χ4n) is 1.51. The van der Waals surface area contributed by atoms with E-state index in [2.05, 4.69) is 26.2 Å². The van der Waals surface area contributed by atoms with E-state index < -0.39 is 0 Å². The van der Waals surface area contributed by atoms with Gasteiger partial charge >= 0.3 is 0 Å². The smallest absolute Gasteiger partial charge is 0.256 e. The molecule has 0 spiro atoms. The predicted molar refractivity (Wildman–Crippen MR) is 76.1 cm³/mol. The molecule has 1 N–H and O–H groups in total. The number of rotatable bonds is 2. The number of pyridine rings is 1. The van der Waals surface area contributed by atoms with E-state index in [1.807, 2.05) is 13.0 Å². The molecule has 1 aromatic heterocycles. The molecule has 0 aliphatic rings. The molecule has 3 nitrogen and oxygen atoms in total. The largest absolute Gasteiger partial charge is 0.321 e. The van der Waals surface area contributed by atoms with Gasteiger partial charge in [0.25, 0.3) is 5.91 Å². The van der Waals surface area contributed by atoms with Crippen molar-refractivity contribution in [2.45, 2.75) is 6.92 Å².